The van der Waals surface area contributed by atoms with Crippen molar-refractivity contribution in [3.63, 3.8) is 0 Å². The standard InChI is InChI=1S/C12H19ClN4O/c1-3-17-12(18)11(13)10(6-15-17)16-5-4-9(14)8(2)7-16/h6,8-9H,3-5,7,14H2,1-2H3. The van der Waals surface area contributed by atoms with Gasteiger partial charge in [-0.15, -0.1) is 0 Å². The highest BCUT2D eigenvalue weighted by Gasteiger charge is 2.25. The third kappa shape index (κ3) is 2.37. The fraction of sp³-hybridized carbons (Fsp3) is 0.667. The van der Waals surface area contributed by atoms with Gasteiger partial charge in [0.25, 0.3) is 5.56 Å². The highest BCUT2D eigenvalue weighted by Crippen LogP contribution is 2.26. The minimum absolute atomic E-state index is 0.223. The smallest absolute Gasteiger partial charge is 0.287 e. The van der Waals surface area contributed by atoms with Gasteiger partial charge in [0.2, 0.25) is 0 Å². The Morgan fingerprint density at radius 1 is 1.61 bits per heavy atom. The first-order chi connectivity index (χ1) is 8.54. The van der Waals surface area contributed by atoms with Crippen LogP contribution in [0.25, 0.3) is 0 Å². The highest BCUT2D eigenvalue weighted by molar-refractivity contribution is 6.33. The molecule has 2 heterocycles. The van der Waals surface area contributed by atoms with Crippen LogP contribution in [0.3, 0.4) is 0 Å². The lowest BCUT2D eigenvalue weighted by atomic mass is 9.94. The lowest BCUT2D eigenvalue weighted by Crippen LogP contribution is -2.46. The van der Waals surface area contributed by atoms with Gasteiger partial charge < -0.3 is 10.6 Å². The van der Waals surface area contributed by atoms with Crippen molar-refractivity contribution in [1.29, 1.82) is 0 Å². The van der Waals surface area contributed by atoms with E-state index in [0.29, 0.717) is 12.5 Å². The van der Waals surface area contributed by atoms with Crippen LogP contribution in [0.1, 0.15) is 20.3 Å². The minimum Gasteiger partial charge on any atom is -0.368 e. The molecule has 1 saturated heterocycles. The largest absolute Gasteiger partial charge is 0.368 e. The van der Waals surface area contributed by atoms with Gasteiger partial charge in [0.1, 0.15) is 5.02 Å². The Kier molecular flexibility index (Phi) is 3.92. The van der Waals surface area contributed by atoms with E-state index in [9.17, 15) is 4.79 Å². The van der Waals surface area contributed by atoms with Gasteiger partial charge >= 0.3 is 0 Å². The van der Waals surface area contributed by atoms with E-state index in [-0.39, 0.29) is 16.6 Å². The van der Waals surface area contributed by atoms with E-state index in [1.165, 1.54) is 4.68 Å². The zero-order valence-corrected chi connectivity index (χ0v) is 11.5. The van der Waals surface area contributed by atoms with E-state index in [1.54, 1.807) is 6.20 Å². The molecular weight excluding hydrogens is 252 g/mol. The predicted molar refractivity (Wildman–Crippen MR) is 73.2 cm³/mol. The molecule has 2 unspecified atom stereocenters. The number of aryl methyl sites for hydroxylation is 1. The zero-order valence-electron chi connectivity index (χ0n) is 10.8. The molecule has 2 atom stereocenters. The van der Waals surface area contributed by atoms with Crippen LogP contribution in [0.15, 0.2) is 11.0 Å². The first-order valence-corrected chi connectivity index (χ1v) is 6.68. The summed E-state index contributed by atoms with van der Waals surface area (Å²) in [5, 5.41) is 4.38. The molecule has 0 bridgehead atoms. The highest BCUT2D eigenvalue weighted by atomic mass is 35.5. The number of nitrogens with two attached hydrogens (primary N) is 1. The molecule has 18 heavy (non-hydrogen) atoms. The van der Waals surface area contributed by atoms with Crippen molar-refractivity contribution < 1.29 is 0 Å². The molecule has 1 aromatic heterocycles. The number of piperidine rings is 1. The van der Waals surface area contributed by atoms with Crippen LogP contribution in [0, 0.1) is 5.92 Å². The van der Waals surface area contributed by atoms with Gasteiger partial charge in [0.05, 0.1) is 11.9 Å². The summed E-state index contributed by atoms with van der Waals surface area (Å²) in [5.41, 5.74) is 6.50. The van der Waals surface area contributed by atoms with Crippen LogP contribution in [0.4, 0.5) is 5.69 Å². The van der Waals surface area contributed by atoms with Crippen LogP contribution in [0.5, 0.6) is 0 Å². The molecule has 0 amide bonds. The lowest BCUT2D eigenvalue weighted by Gasteiger charge is -2.36. The van der Waals surface area contributed by atoms with Crippen LogP contribution >= 0.6 is 11.6 Å². The number of nitrogens with zero attached hydrogens (tertiary/aromatic N) is 3. The van der Waals surface area contributed by atoms with Crippen molar-refractivity contribution in [3.05, 3.63) is 21.6 Å². The number of anilines is 1. The van der Waals surface area contributed by atoms with Gasteiger partial charge in [-0.05, 0) is 19.3 Å². The summed E-state index contributed by atoms with van der Waals surface area (Å²) in [4.78, 5) is 14.0. The van der Waals surface area contributed by atoms with Crippen molar-refractivity contribution in [2.75, 3.05) is 18.0 Å². The van der Waals surface area contributed by atoms with E-state index < -0.39 is 0 Å². The van der Waals surface area contributed by atoms with Crippen LogP contribution in [-0.4, -0.2) is 28.9 Å². The summed E-state index contributed by atoms with van der Waals surface area (Å²) in [7, 11) is 0. The molecule has 5 nitrogen and oxygen atoms in total. The average Bonchev–Trinajstić information content (AvgIpc) is 2.36. The third-order valence-electron chi connectivity index (χ3n) is 3.58. The molecule has 0 radical (unpaired) electrons. The van der Waals surface area contributed by atoms with Gasteiger partial charge in [0.15, 0.2) is 0 Å². The Balaban J connectivity index is 2.29. The maximum Gasteiger partial charge on any atom is 0.287 e. The molecule has 0 saturated carbocycles. The summed E-state index contributed by atoms with van der Waals surface area (Å²) >= 11 is 6.15. The number of hydrogen-bond acceptors (Lipinski definition) is 4. The molecule has 1 aliphatic rings. The summed E-state index contributed by atoms with van der Waals surface area (Å²) in [6.07, 6.45) is 2.59. The number of rotatable bonds is 2. The minimum atomic E-state index is -0.223. The second-order valence-corrected chi connectivity index (χ2v) is 5.22. The molecule has 0 aromatic carbocycles. The quantitative estimate of drug-likeness (QED) is 0.874. The number of aromatic nitrogens is 2. The second-order valence-electron chi connectivity index (χ2n) is 4.84. The summed E-state index contributed by atoms with van der Waals surface area (Å²) < 4.78 is 1.37. The first kappa shape index (κ1) is 13.4. The molecule has 1 aliphatic heterocycles. The lowest BCUT2D eigenvalue weighted by molar-refractivity contribution is 0.382. The van der Waals surface area contributed by atoms with Gasteiger partial charge in [-0.25, -0.2) is 4.68 Å². The van der Waals surface area contributed by atoms with E-state index in [2.05, 4.69) is 16.9 Å². The normalized spacial score (nSPS) is 24.3. The maximum atomic E-state index is 11.9. The summed E-state index contributed by atoms with van der Waals surface area (Å²) in [6, 6.07) is 0.226. The first-order valence-electron chi connectivity index (χ1n) is 6.30. The van der Waals surface area contributed by atoms with E-state index >= 15 is 0 Å². The molecule has 0 aliphatic carbocycles. The van der Waals surface area contributed by atoms with Crippen molar-refractivity contribution in [1.82, 2.24) is 9.78 Å². The summed E-state index contributed by atoms with van der Waals surface area (Å²) in [6.45, 7) is 6.15. The Labute approximate surface area is 112 Å². The van der Waals surface area contributed by atoms with Crippen molar-refractivity contribution in [2.24, 2.45) is 11.7 Å². The molecular formula is C12H19ClN4O. The second kappa shape index (κ2) is 5.28. The van der Waals surface area contributed by atoms with Gasteiger partial charge in [-0.3, -0.25) is 4.79 Å². The van der Waals surface area contributed by atoms with E-state index in [4.69, 9.17) is 17.3 Å². The Morgan fingerprint density at radius 2 is 2.33 bits per heavy atom. The molecule has 100 valence electrons. The Morgan fingerprint density at radius 3 is 2.94 bits per heavy atom. The maximum absolute atomic E-state index is 11.9. The molecule has 1 aromatic rings. The predicted octanol–water partition coefficient (Wildman–Crippen LogP) is 1.09. The monoisotopic (exact) mass is 270 g/mol. The van der Waals surface area contributed by atoms with E-state index in [0.717, 1.165) is 25.2 Å². The fourth-order valence-corrected chi connectivity index (χ4v) is 2.55. The van der Waals surface area contributed by atoms with Crippen LogP contribution < -0.4 is 16.2 Å². The Bertz CT molecular complexity index is 487. The number of hydrogen-bond donors (Lipinski definition) is 1. The number of halogens is 1. The van der Waals surface area contributed by atoms with Crippen molar-refractivity contribution in [3.8, 4) is 0 Å². The van der Waals surface area contributed by atoms with Crippen LogP contribution in [-0.2, 0) is 6.54 Å². The van der Waals surface area contributed by atoms with E-state index in [1.807, 2.05) is 6.92 Å². The molecule has 1 fully saturated rings. The van der Waals surface area contributed by atoms with Crippen molar-refractivity contribution in [2.45, 2.75) is 32.9 Å². The Hall–Kier alpha value is -1.07. The third-order valence-corrected chi connectivity index (χ3v) is 3.93. The topological polar surface area (TPSA) is 64.2 Å². The van der Waals surface area contributed by atoms with Gasteiger partial charge in [-0.2, -0.15) is 5.10 Å². The SMILES string of the molecule is CCn1ncc(N2CCC(N)C(C)C2)c(Cl)c1=O. The summed E-state index contributed by atoms with van der Waals surface area (Å²) in [5.74, 6) is 0.392. The van der Waals surface area contributed by atoms with Gasteiger partial charge in [-0.1, -0.05) is 18.5 Å². The average molecular weight is 271 g/mol. The zero-order chi connectivity index (χ0) is 13.3. The van der Waals surface area contributed by atoms with Crippen molar-refractivity contribution >= 4 is 17.3 Å². The fourth-order valence-electron chi connectivity index (χ4n) is 2.28. The molecule has 6 heteroatoms. The van der Waals surface area contributed by atoms with Crippen LogP contribution in [0.2, 0.25) is 5.02 Å². The molecule has 2 N–H and O–H groups in total. The van der Waals surface area contributed by atoms with Gasteiger partial charge in [0, 0.05) is 25.7 Å². The molecule has 2 rings (SSSR count). The molecule has 0 spiro atoms.